The van der Waals surface area contributed by atoms with Crippen molar-refractivity contribution < 1.29 is 22.1 Å². The first-order valence-electron chi connectivity index (χ1n) is 11.1. The summed E-state index contributed by atoms with van der Waals surface area (Å²) in [5, 5.41) is 10.6. The van der Waals surface area contributed by atoms with Crippen LogP contribution in [0.5, 0.6) is 0 Å². The van der Waals surface area contributed by atoms with Gasteiger partial charge in [-0.1, -0.05) is 30.0 Å². The van der Waals surface area contributed by atoms with Gasteiger partial charge in [-0.15, -0.1) is 11.3 Å². The molecule has 0 aliphatic carbocycles. The van der Waals surface area contributed by atoms with E-state index >= 15 is 0 Å². The van der Waals surface area contributed by atoms with Gasteiger partial charge in [-0.3, -0.25) is 9.50 Å². The summed E-state index contributed by atoms with van der Waals surface area (Å²) in [4.78, 5) is 16.7. The van der Waals surface area contributed by atoms with Gasteiger partial charge in [0.1, 0.15) is 18.4 Å². The molecular formula is C25H22FN6O4S2-. The van der Waals surface area contributed by atoms with Gasteiger partial charge in [-0.05, 0) is 40.8 Å². The molecule has 0 saturated carbocycles. The van der Waals surface area contributed by atoms with Crippen LogP contribution >= 0.6 is 11.3 Å². The maximum absolute atomic E-state index is 14.0. The van der Waals surface area contributed by atoms with Crippen LogP contribution in [0, 0.1) is 17.7 Å². The summed E-state index contributed by atoms with van der Waals surface area (Å²) in [5.74, 6) is 5.70. The van der Waals surface area contributed by atoms with Crippen LogP contribution in [-0.4, -0.2) is 33.1 Å². The minimum atomic E-state index is -2.58. The van der Waals surface area contributed by atoms with Crippen LogP contribution in [0.3, 0.4) is 0 Å². The third-order valence-corrected chi connectivity index (χ3v) is 6.61. The molecule has 4 aromatic rings. The summed E-state index contributed by atoms with van der Waals surface area (Å²) in [7, 11) is 0. The molecule has 0 saturated heterocycles. The maximum Gasteiger partial charge on any atom is 0.323 e. The molecule has 38 heavy (non-hydrogen) atoms. The molecule has 0 radical (unpaired) electrons. The molecule has 2 heterocycles. The molecular weight excluding hydrogens is 531 g/mol. The van der Waals surface area contributed by atoms with Crippen molar-refractivity contribution >= 4 is 56.0 Å². The Balaban J connectivity index is 1.47. The van der Waals surface area contributed by atoms with Crippen LogP contribution < -0.4 is 27.4 Å². The number of benzene rings is 2. The Bertz CT molecular complexity index is 1550. The Morgan fingerprint density at radius 1 is 1.21 bits per heavy atom. The second-order valence-electron chi connectivity index (χ2n) is 7.78. The van der Waals surface area contributed by atoms with Crippen molar-refractivity contribution in [1.29, 1.82) is 0 Å². The predicted molar refractivity (Wildman–Crippen MR) is 146 cm³/mol. The summed E-state index contributed by atoms with van der Waals surface area (Å²) in [5.41, 5.74) is 15.4. The third kappa shape index (κ3) is 6.69. The van der Waals surface area contributed by atoms with Crippen LogP contribution in [0.4, 0.5) is 26.4 Å². The van der Waals surface area contributed by atoms with E-state index in [9.17, 15) is 17.9 Å². The number of amides is 2. The van der Waals surface area contributed by atoms with E-state index in [2.05, 4.69) is 37.0 Å². The number of fused-ring (bicyclic) bond motifs is 1. The molecule has 0 aliphatic heterocycles. The van der Waals surface area contributed by atoms with Crippen molar-refractivity contribution in [3.8, 4) is 23.0 Å². The average molecular weight is 554 g/mol. The molecule has 196 valence electrons. The Hall–Kier alpha value is -3.90. The Morgan fingerprint density at radius 3 is 2.74 bits per heavy atom. The van der Waals surface area contributed by atoms with E-state index in [1.807, 2.05) is 17.5 Å². The third-order valence-electron chi connectivity index (χ3n) is 5.29. The molecule has 0 aliphatic rings. The van der Waals surface area contributed by atoms with Gasteiger partial charge in [0.05, 0.1) is 33.9 Å². The molecule has 2 aromatic heterocycles. The molecule has 0 bridgehead atoms. The Kier molecular flexibility index (Phi) is 8.98. The van der Waals surface area contributed by atoms with Gasteiger partial charge in [0.25, 0.3) is 0 Å². The summed E-state index contributed by atoms with van der Waals surface area (Å²) >= 11 is -1.11. The largest absolute Gasteiger partial charge is 0.750 e. The fourth-order valence-electron chi connectivity index (χ4n) is 3.52. The predicted octanol–water partition coefficient (Wildman–Crippen LogP) is 3.50. The number of urea groups is 1. The number of nitrogens with one attached hydrogen (secondary N) is 3. The minimum absolute atomic E-state index is 0.0386. The molecule has 1 unspecified atom stereocenters. The van der Waals surface area contributed by atoms with E-state index < -0.39 is 23.2 Å². The van der Waals surface area contributed by atoms with Crippen LogP contribution in [-0.2, 0) is 22.1 Å². The summed E-state index contributed by atoms with van der Waals surface area (Å²) in [6.45, 7) is 0.270. The topological polar surface area (TPSA) is 167 Å². The van der Waals surface area contributed by atoms with Gasteiger partial charge in [-0.25, -0.2) is 18.4 Å². The molecule has 4 rings (SSSR count). The summed E-state index contributed by atoms with van der Waals surface area (Å²) < 4.78 is 40.0. The second-order valence-corrected chi connectivity index (χ2v) is 9.30. The zero-order valence-electron chi connectivity index (χ0n) is 19.7. The molecule has 10 nitrogen and oxygen atoms in total. The minimum Gasteiger partial charge on any atom is -0.750 e. The quantitative estimate of drug-likeness (QED) is 0.0956. The number of thiophene rings is 1. The number of pyridine rings is 1. The summed E-state index contributed by atoms with van der Waals surface area (Å²) in [6, 6.07) is 10.8. The zero-order chi connectivity index (χ0) is 27.1. The molecule has 1 atom stereocenters. The molecule has 2 amide bonds. The lowest BCUT2D eigenvalue weighted by Crippen LogP contribution is -2.20. The van der Waals surface area contributed by atoms with Gasteiger partial charge >= 0.3 is 6.03 Å². The van der Waals surface area contributed by atoms with E-state index in [4.69, 9.17) is 11.5 Å². The molecule has 7 N–H and O–H groups in total. The maximum atomic E-state index is 14.0. The first kappa shape index (κ1) is 27.1. The van der Waals surface area contributed by atoms with Crippen LogP contribution in [0.15, 0.2) is 54.0 Å². The average Bonchev–Trinajstić information content (AvgIpc) is 3.35. The van der Waals surface area contributed by atoms with Gasteiger partial charge in [0.2, 0.25) is 0 Å². The Labute approximate surface area is 224 Å². The second kappa shape index (κ2) is 12.6. The van der Waals surface area contributed by atoms with Gasteiger partial charge in [0, 0.05) is 29.4 Å². The number of carbonyl (C=O) groups is 1. The smallest absolute Gasteiger partial charge is 0.323 e. The number of anilines is 3. The van der Waals surface area contributed by atoms with E-state index in [0.717, 1.165) is 21.2 Å². The van der Waals surface area contributed by atoms with E-state index in [1.165, 1.54) is 23.5 Å². The molecule has 13 heteroatoms. The molecule has 0 fully saturated rings. The van der Waals surface area contributed by atoms with Crippen LogP contribution in [0.1, 0.15) is 11.1 Å². The lowest BCUT2D eigenvalue weighted by Gasteiger charge is -2.10. The highest BCUT2D eigenvalue weighted by Gasteiger charge is 2.14. The lowest BCUT2D eigenvalue weighted by atomic mass is 10.0. The van der Waals surface area contributed by atoms with Crippen molar-refractivity contribution in [2.45, 2.75) is 6.54 Å². The van der Waals surface area contributed by atoms with Crippen molar-refractivity contribution in [1.82, 2.24) is 10.3 Å². The van der Waals surface area contributed by atoms with Crippen molar-refractivity contribution in [3.63, 3.8) is 0 Å². The number of hydrogen-bond donors (Lipinski definition) is 5. The van der Waals surface area contributed by atoms with Crippen LogP contribution in [0.2, 0.25) is 0 Å². The molecule has 0 spiro atoms. The number of nitrogen functional groups attached to an aromatic ring is 1. The standard InChI is InChI=1S/C25H23FN6O4S2/c26-20-8-3-15(11-27)10-21(20)32-25(33)31-18-6-4-16(5-7-18)19-13-37-23-17(12-30-24(28)22(19)23)2-1-9-29-14-36-38(34)35/h3-8,10,12-13,29H,9,11,14,27H2,(H2,28,30)(H,34,35)(H2,31,32,33)/p-1. The SMILES string of the molecule is NCc1ccc(F)c(NC(=O)Nc2ccc(-c3csc4c(C#CCNCOS(=O)[O-])cnc(N)c34)cc2)c1. The van der Waals surface area contributed by atoms with E-state index in [0.29, 0.717) is 22.6 Å². The zero-order valence-corrected chi connectivity index (χ0v) is 21.4. The van der Waals surface area contributed by atoms with Gasteiger partial charge in [0.15, 0.2) is 0 Å². The lowest BCUT2D eigenvalue weighted by molar-refractivity contribution is 0.262. The number of nitrogens with two attached hydrogens (primary N) is 2. The number of carbonyl (C=O) groups excluding carboxylic acids is 1. The fourth-order valence-corrected chi connectivity index (χ4v) is 4.76. The number of aromatic nitrogens is 1. The first-order valence-corrected chi connectivity index (χ1v) is 13.0. The summed E-state index contributed by atoms with van der Waals surface area (Å²) in [6.07, 6.45) is 1.59. The van der Waals surface area contributed by atoms with Crippen molar-refractivity contribution in [2.24, 2.45) is 5.73 Å². The molecule has 2 aromatic carbocycles. The number of rotatable bonds is 8. The Morgan fingerprint density at radius 2 is 2.00 bits per heavy atom. The first-order chi connectivity index (χ1) is 18.4. The number of hydrogen-bond acceptors (Lipinski definition) is 9. The number of halogens is 1. The van der Waals surface area contributed by atoms with E-state index in [1.54, 1.807) is 24.4 Å². The highest BCUT2D eigenvalue weighted by atomic mass is 32.2. The van der Waals surface area contributed by atoms with Gasteiger partial charge in [-0.2, -0.15) is 0 Å². The fraction of sp³-hybridized carbons (Fsp3) is 0.120. The highest BCUT2D eigenvalue weighted by Crippen LogP contribution is 2.38. The normalized spacial score (nSPS) is 11.6. The van der Waals surface area contributed by atoms with E-state index in [-0.39, 0.29) is 25.5 Å². The van der Waals surface area contributed by atoms with Crippen molar-refractivity contribution in [3.05, 3.63) is 71.0 Å². The monoisotopic (exact) mass is 553 g/mol. The van der Waals surface area contributed by atoms with Gasteiger partial charge < -0.3 is 26.7 Å². The van der Waals surface area contributed by atoms with Crippen molar-refractivity contribution in [2.75, 3.05) is 29.6 Å². The highest BCUT2D eigenvalue weighted by molar-refractivity contribution is 7.74. The number of nitrogens with zero attached hydrogens (tertiary/aromatic N) is 1. The van der Waals surface area contributed by atoms with Crippen LogP contribution in [0.25, 0.3) is 21.2 Å².